The summed E-state index contributed by atoms with van der Waals surface area (Å²) < 4.78 is 32.7. The Hall–Kier alpha value is -2.13. The summed E-state index contributed by atoms with van der Waals surface area (Å²) in [5, 5.41) is 9.22. The number of sulfonamides is 1. The molecule has 1 aromatic carbocycles. The summed E-state index contributed by atoms with van der Waals surface area (Å²) >= 11 is 0. The molecule has 1 aromatic rings. The van der Waals surface area contributed by atoms with Gasteiger partial charge in [-0.15, -0.1) is 0 Å². The van der Waals surface area contributed by atoms with Gasteiger partial charge in [0, 0.05) is 24.7 Å². The molecule has 0 bridgehead atoms. The maximum atomic E-state index is 12.8. The molecule has 9 heteroatoms. The lowest BCUT2D eigenvalue weighted by atomic mass is 9.87. The fraction of sp³-hybridized carbons (Fsp3) is 0.556. The zero-order valence-electron chi connectivity index (χ0n) is 15.9. The first-order chi connectivity index (χ1) is 12.6. The lowest BCUT2D eigenvalue weighted by Crippen LogP contribution is -2.45. The molecule has 1 fully saturated rings. The first kappa shape index (κ1) is 21.2. The zero-order chi connectivity index (χ0) is 20.4. The second-order valence-corrected chi connectivity index (χ2v) is 8.79. The molecular formula is C18H26N2O6S. The van der Waals surface area contributed by atoms with Crippen LogP contribution in [-0.4, -0.2) is 56.5 Å². The van der Waals surface area contributed by atoms with Crippen LogP contribution in [0, 0.1) is 11.8 Å². The molecule has 27 heavy (non-hydrogen) atoms. The monoisotopic (exact) mass is 398 g/mol. The fourth-order valence-electron chi connectivity index (χ4n) is 3.27. The van der Waals surface area contributed by atoms with E-state index in [1.807, 2.05) is 0 Å². The van der Waals surface area contributed by atoms with Crippen LogP contribution in [-0.2, 0) is 14.8 Å². The minimum Gasteiger partial charge on any atom is -0.495 e. The molecule has 0 radical (unpaired) electrons. The highest BCUT2D eigenvalue weighted by atomic mass is 32.2. The molecule has 0 saturated carbocycles. The number of carboxylic acids is 1. The van der Waals surface area contributed by atoms with Crippen molar-refractivity contribution in [3.63, 3.8) is 0 Å². The Balaban J connectivity index is 2.30. The van der Waals surface area contributed by atoms with Crippen molar-refractivity contribution in [2.75, 3.05) is 20.2 Å². The average molecular weight is 398 g/mol. The number of ether oxygens (including phenoxy) is 1. The quantitative estimate of drug-likeness (QED) is 0.752. The number of likely N-dealkylation sites (tertiary alicyclic amines) is 1. The van der Waals surface area contributed by atoms with Gasteiger partial charge in [0.2, 0.25) is 10.0 Å². The van der Waals surface area contributed by atoms with Gasteiger partial charge in [0.1, 0.15) is 10.6 Å². The zero-order valence-corrected chi connectivity index (χ0v) is 16.7. The standard InChI is InChI=1S/C18H26N2O6S/c1-11(2)19-27(24,25)16-9-13(5-6-15(16)26-4)17(21)20-8-7-14(18(22)23)12(3)10-20/h5-6,9,11-12,14,19H,7-8,10H2,1-4H3,(H,22,23). The molecular weight excluding hydrogens is 372 g/mol. The van der Waals surface area contributed by atoms with Crippen molar-refractivity contribution in [1.29, 1.82) is 0 Å². The molecule has 2 rings (SSSR count). The number of piperidine rings is 1. The number of benzene rings is 1. The second-order valence-electron chi connectivity index (χ2n) is 7.10. The highest BCUT2D eigenvalue weighted by molar-refractivity contribution is 7.89. The van der Waals surface area contributed by atoms with Gasteiger partial charge in [0.15, 0.2) is 0 Å². The van der Waals surface area contributed by atoms with Gasteiger partial charge in [0.05, 0.1) is 13.0 Å². The van der Waals surface area contributed by atoms with Crippen molar-refractivity contribution in [2.24, 2.45) is 11.8 Å². The summed E-state index contributed by atoms with van der Waals surface area (Å²) in [5.41, 5.74) is 0.223. The van der Waals surface area contributed by atoms with Crippen molar-refractivity contribution in [1.82, 2.24) is 9.62 Å². The summed E-state index contributed by atoms with van der Waals surface area (Å²) in [4.78, 5) is 25.5. The normalized spacial score (nSPS) is 20.6. The SMILES string of the molecule is COc1ccc(C(=O)N2CCC(C(=O)O)C(C)C2)cc1S(=O)(=O)NC(C)C. The summed E-state index contributed by atoms with van der Waals surface area (Å²) in [5.74, 6) is -1.68. The number of carboxylic acid groups (broad SMARTS) is 1. The highest BCUT2D eigenvalue weighted by Crippen LogP contribution is 2.28. The van der Waals surface area contributed by atoms with Crippen LogP contribution >= 0.6 is 0 Å². The Morgan fingerprint density at radius 1 is 1.33 bits per heavy atom. The Morgan fingerprint density at radius 2 is 2.00 bits per heavy atom. The number of carbonyl (C=O) groups is 2. The third-order valence-electron chi connectivity index (χ3n) is 4.60. The second kappa shape index (κ2) is 8.26. The van der Waals surface area contributed by atoms with Crippen LogP contribution in [0.3, 0.4) is 0 Å². The molecule has 2 N–H and O–H groups in total. The maximum absolute atomic E-state index is 12.8. The molecule has 0 aromatic heterocycles. The molecule has 0 spiro atoms. The van der Waals surface area contributed by atoms with E-state index in [9.17, 15) is 23.1 Å². The number of aliphatic carboxylic acids is 1. The molecule has 1 aliphatic rings. The van der Waals surface area contributed by atoms with Crippen LogP contribution in [0.15, 0.2) is 23.1 Å². The number of carbonyl (C=O) groups excluding carboxylic acids is 1. The lowest BCUT2D eigenvalue weighted by Gasteiger charge is -2.35. The van der Waals surface area contributed by atoms with Crippen molar-refractivity contribution in [3.05, 3.63) is 23.8 Å². The van der Waals surface area contributed by atoms with Crippen LogP contribution in [0.4, 0.5) is 0 Å². The van der Waals surface area contributed by atoms with Gasteiger partial charge < -0.3 is 14.7 Å². The number of hydrogen-bond donors (Lipinski definition) is 2. The molecule has 0 aliphatic carbocycles. The molecule has 150 valence electrons. The lowest BCUT2D eigenvalue weighted by molar-refractivity contribution is -0.145. The largest absolute Gasteiger partial charge is 0.495 e. The number of methoxy groups -OCH3 is 1. The summed E-state index contributed by atoms with van der Waals surface area (Å²) in [6.45, 7) is 5.83. The average Bonchev–Trinajstić information content (AvgIpc) is 2.59. The van der Waals surface area contributed by atoms with E-state index in [0.29, 0.717) is 19.5 Å². The van der Waals surface area contributed by atoms with Gasteiger partial charge in [-0.2, -0.15) is 0 Å². The van der Waals surface area contributed by atoms with Crippen LogP contribution in [0.1, 0.15) is 37.6 Å². The van der Waals surface area contributed by atoms with Gasteiger partial charge in [-0.05, 0) is 44.4 Å². The van der Waals surface area contributed by atoms with Crippen LogP contribution in [0.5, 0.6) is 5.75 Å². The van der Waals surface area contributed by atoms with Crippen molar-refractivity contribution in [3.8, 4) is 5.75 Å². The van der Waals surface area contributed by atoms with E-state index >= 15 is 0 Å². The van der Waals surface area contributed by atoms with E-state index in [0.717, 1.165) is 0 Å². The Morgan fingerprint density at radius 3 is 2.52 bits per heavy atom. The molecule has 2 unspecified atom stereocenters. The molecule has 1 saturated heterocycles. The first-order valence-electron chi connectivity index (χ1n) is 8.79. The van der Waals surface area contributed by atoms with Crippen molar-refractivity contribution in [2.45, 2.75) is 38.1 Å². The predicted molar refractivity (Wildman–Crippen MR) is 99.3 cm³/mol. The van der Waals surface area contributed by atoms with Gasteiger partial charge in [-0.3, -0.25) is 9.59 Å². The number of rotatable bonds is 6. The van der Waals surface area contributed by atoms with E-state index in [1.165, 1.54) is 25.3 Å². The third-order valence-corrected chi connectivity index (χ3v) is 6.28. The van der Waals surface area contributed by atoms with E-state index in [1.54, 1.807) is 25.7 Å². The molecule has 1 heterocycles. The van der Waals surface area contributed by atoms with Crippen LogP contribution < -0.4 is 9.46 Å². The van der Waals surface area contributed by atoms with Crippen LogP contribution in [0.25, 0.3) is 0 Å². The Labute approximate surface area is 159 Å². The molecule has 1 amide bonds. The number of amides is 1. The summed E-state index contributed by atoms with van der Waals surface area (Å²) in [6, 6.07) is 3.97. The van der Waals surface area contributed by atoms with Gasteiger partial charge >= 0.3 is 5.97 Å². The molecule has 8 nitrogen and oxygen atoms in total. The maximum Gasteiger partial charge on any atom is 0.306 e. The third kappa shape index (κ3) is 4.78. The smallest absolute Gasteiger partial charge is 0.306 e. The Kier molecular flexibility index (Phi) is 6.48. The van der Waals surface area contributed by atoms with Crippen molar-refractivity contribution < 1.29 is 27.9 Å². The summed E-state index contributed by atoms with van der Waals surface area (Å²) in [6.07, 6.45) is 0.373. The van der Waals surface area contributed by atoms with E-state index in [-0.39, 0.29) is 34.1 Å². The summed E-state index contributed by atoms with van der Waals surface area (Å²) in [7, 11) is -2.48. The van der Waals surface area contributed by atoms with Gasteiger partial charge in [-0.1, -0.05) is 6.92 Å². The van der Waals surface area contributed by atoms with E-state index < -0.39 is 21.9 Å². The molecule has 1 aliphatic heterocycles. The van der Waals surface area contributed by atoms with E-state index in [4.69, 9.17) is 4.74 Å². The Bertz CT molecular complexity index is 821. The highest BCUT2D eigenvalue weighted by Gasteiger charge is 2.33. The minimum atomic E-state index is -3.84. The number of hydrogen-bond acceptors (Lipinski definition) is 5. The minimum absolute atomic E-state index is 0.0991. The predicted octanol–water partition coefficient (Wildman–Crippen LogP) is 1.56. The first-order valence-corrected chi connectivity index (χ1v) is 10.3. The number of nitrogens with zero attached hydrogens (tertiary/aromatic N) is 1. The fourth-order valence-corrected chi connectivity index (χ4v) is 4.72. The van der Waals surface area contributed by atoms with Gasteiger partial charge in [-0.25, -0.2) is 13.1 Å². The molecule has 2 atom stereocenters. The van der Waals surface area contributed by atoms with E-state index in [2.05, 4.69) is 4.72 Å². The van der Waals surface area contributed by atoms with Crippen LogP contribution in [0.2, 0.25) is 0 Å². The van der Waals surface area contributed by atoms with Crippen molar-refractivity contribution >= 4 is 21.9 Å². The topological polar surface area (TPSA) is 113 Å². The number of nitrogens with one attached hydrogen (secondary N) is 1. The van der Waals surface area contributed by atoms with Gasteiger partial charge in [0.25, 0.3) is 5.91 Å².